The van der Waals surface area contributed by atoms with Crippen LogP contribution in [0.5, 0.6) is 0 Å². The van der Waals surface area contributed by atoms with Crippen molar-refractivity contribution in [3.8, 4) is 0 Å². The molecule has 19 heavy (non-hydrogen) atoms. The molecule has 7 heteroatoms. The minimum Gasteiger partial charge on any atom is -0.444 e. The zero-order valence-electron chi connectivity index (χ0n) is 11.6. The van der Waals surface area contributed by atoms with Crippen LogP contribution in [0, 0.1) is 0 Å². The summed E-state index contributed by atoms with van der Waals surface area (Å²) < 4.78 is 35.3. The average Bonchev–Trinajstić information content (AvgIpc) is 2.27. The van der Waals surface area contributed by atoms with E-state index in [2.05, 4.69) is 0 Å². The number of carbonyl (C=O) groups excluding carboxylic acids is 1. The number of morpholine rings is 1. The van der Waals surface area contributed by atoms with E-state index in [-0.39, 0.29) is 13.0 Å². The standard InChI is InChI=1S/C12H22F2N2O3/c1-12(2,3)19-11(17)16-4-5-18-8(7-16)6-9(15)10(13)14/h8-10H,4-7,15H2,1-3H3. The summed E-state index contributed by atoms with van der Waals surface area (Å²) in [4.78, 5) is 13.3. The summed E-state index contributed by atoms with van der Waals surface area (Å²) in [6.07, 6.45) is -3.48. The first-order chi connectivity index (χ1) is 8.69. The van der Waals surface area contributed by atoms with Gasteiger partial charge in [-0.15, -0.1) is 0 Å². The monoisotopic (exact) mass is 280 g/mol. The second kappa shape index (κ2) is 6.47. The van der Waals surface area contributed by atoms with E-state index >= 15 is 0 Å². The third-order valence-electron chi connectivity index (χ3n) is 2.65. The molecule has 0 saturated carbocycles. The van der Waals surface area contributed by atoms with Crippen LogP contribution >= 0.6 is 0 Å². The first-order valence-electron chi connectivity index (χ1n) is 6.32. The molecular weight excluding hydrogens is 258 g/mol. The lowest BCUT2D eigenvalue weighted by molar-refractivity contribution is -0.0521. The SMILES string of the molecule is CC(C)(C)OC(=O)N1CCOC(CC(N)C(F)F)C1. The number of alkyl halides is 2. The first kappa shape index (κ1) is 16.1. The lowest BCUT2D eigenvalue weighted by atomic mass is 10.1. The van der Waals surface area contributed by atoms with E-state index < -0.39 is 30.3 Å². The Labute approximate surface area is 112 Å². The molecule has 1 rings (SSSR count). The molecule has 0 aromatic heterocycles. The van der Waals surface area contributed by atoms with E-state index in [0.717, 1.165) is 0 Å². The molecule has 0 radical (unpaired) electrons. The van der Waals surface area contributed by atoms with Crippen LogP contribution in [0.4, 0.5) is 13.6 Å². The Morgan fingerprint density at radius 1 is 1.53 bits per heavy atom. The Hall–Kier alpha value is -0.950. The molecule has 0 aliphatic carbocycles. The van der Waals surface area contributed by atoms with E-state index in [9.17, 15) is 13.6 Å². The van der Waals surface area contributed by atoms with E-state index in [1.807, 2.05) is 0 Å². The van der Waals surface area contributed by atoms with E-state index in [1.54, 1.807) is 20.8 Å². The Morgan fingerprint density at radius 3 is 2.68 bits per heavy atom. The normalized spacial score (nSPS) is 22.5. The van der Waals surface area contributed by atoms with E-state index in [0.29, 0.717) is 13.2 Å². The number of amides is 1. The van der Waals surface area contributed by atoms with Crippen LogP contribution in [0.25, 0.3) is 0 Å². The fourth-order valence-corrected chi connectivity index (χ4v) is 1.76. The van der Waals surface area contributed by atoms with Crippen LogP contribution in [-0.2, 0) is 9.47 Å². The van der Waals surface area contributed by atoms with Crippen molar-refractivity contribution < 1.29 is 23.0 Å². The van der Waals surface area contributed by atoms with Crippen LogP contribution in [0.1, 0.15) is 27.2 Å². The Bertz CT molecular complexity index is 308. The Kier molecular flexibility index (Phi) is 5.49. The summed E-state index contributed by atoms with van der Waals surface area (Å²) in [6.45, 7) is 6.26. The molecular formula is C12H22F2N2O3. The summed E-state index contributed by atoms with van der Waals surface area (Å²) in [5, 5.41) is 0. The molecule has 1 saturated heterocycles. The molecule has 0 spiro atoms. The van der Waals surface area contributed by atoms with Gasteiger partial charge in [-0.2, -0.15) is 0 Å². The smallest absolute Gasteiger partial charge is 0.410 e. The fraction of sp³-hybridized carbons (Fsp3) is 0.917. The number of nitrogens with zero attached hydrogens (tertiary/aromatic N) is 1. The molecule has 1 amide bonds. The molecule has 2 unspecified atom stereocenters. The molecule has 5 nitrogen and oxygen atoms in total. The third kappa shape index (κ3) is 5.69. The molecule has 112 valence electrons. The minimum atomic E-state index is -2.58. The van der Waals surface area contributed by atoms with Gasteiger partial charge in [0.15, 0.2) is 0 Å². The van der Waals surface area contributed by atoms with Gasteiger partial charge in [0.25, 0.3) is 6.43 Å². The van der Waals surface area contributed by atoms with Gasteiger partial charge in [-0.25, -0.2) is 13.6 Å². The van der Waals surface area contributed by atoms with Crippen LogP contribution in [-0.4, -0.2) is 54.9 Å². The number of nitrogens with two attached hydrogens (primary N) is 1. The first-order valence-corrected chi connectivity index (χ1v) is 6.32. The van der Waals surface area contributed by atoms with Gasteiger partial charge in [0.1, 0.15) is 5.60 Å². The van der Waals surface area contributed by atoms with Crippen molar-refractivity contribution in [2.75, 3.05) is 19.7 Å². The number of ether oxygens (including phenoxy) is 2. The second-order valence-electron chi connectivity index (χ2n) is 5.65. The number of rotatable bonds is 3. The summed E-state index contributed by atoms with van der Waals surface area (Å²) in [6, 6.07) is -1.23. The highest BCUT2D eigenvalue weighted by Gasteiger charge is 2.30. The lowest BCUT2D eigenvalue weighted by Gasteiger charge is -2.35. The predicted octanol–water partition coefficient (Wildman–Crippen LogP) is 1.60. The molecule has 0 aromatic rings. The van der Waals surface area contributed by atoms with Gasteiger partial charge in [0.2, 0.25) is 0 Å². The van der Waals surface area contributed by atoms with Gasteiger partial charge < -0.3 is 20.1 Å². The molecule has 0 bridgehead atoms. The maximum absolute atomic E-state index is 12.4. The maximum atomic E-state index is 12.4. The summed E-state index contributed by atoms with van der Waals surface area (Å²) in [7, 11) is 0. The van der Waals surface area contributed by atoms with Gasteiger partial charge in [-0.3, -0.25) is 0 Å². The molecule has 0 aromatic carbocycles. The predicted molar refractivity (Wildman–Crippen MR) is 66.1 cm³/mol. The zero-order chi connectivity index (χ0) is 14.6. The maximum Gasteiger partial charge on any atom is 0.410 e. The van der Waals surface area contributed by atoms with Crippen molar-refractivity contribution in [2.24, 2.45) is 5.73 Å². The summed E-state index contributed by atoms with van der Waals surface area (Å²) >= 11 is 0. The van der Waals surface area contributed by atoms with Gasteiger partial charge in [0.05, 0.1) is 25.3 Å². The number of hydrogen-bond acceptors (Lipinski definition) is 4. The highest BCUT2D eigenvalue weighted by Crippen LogP contribution is 2.16. The van der Waals surface area contributed by atoms with Crippen molar-refractivity contribution in [1.29, 1.82) is 0 Å². The highest BCUT2D eigenvalue weighted by molar-refractivity contribution is 5.68. The highest BCUT2D eigenvalue weighted by atomic mass is 19.3. The molecule has 2 atom stereocenters. The van der Waals surface area contributed by atoms with E-state index in [4.69, 9.17) is 15.2 Å². The lowest BCUT2D eigenvalue weighted by Crippen LogP contribution is -2.49. The number of halogens is 2. The zero-order valence-corrected chi connectivity index (χ0v) is 11.6. The van der Waals surface area contributed by atoms with E-state index in [1.165, 1.54) is 4.90 Å². The number of hydrogen-bond donors (Lipinski definition) is 1. The molecule has 2 N–H and O–H groups in total. The van der Waals surface area contributed by atoms with Crippen LogP contribution in [0.15, 0.2) is 0 Å². The van der Waals surface area contributed by atoms with Crippen molar-refractivity contribution in [3.63, 3.8) is 0 Å². The van der Waals surface area contributed by atoms with Gasteiger partial charge >= 0.3 is 6.09 Å². The van der Waals surface area contributed by atoms with Crippen molar-refractivity contribution in [2.45, 2.75) is 51.4 Å². The van der Waals surface area contributed by atoms with Crippen LogP contribution in [0.3, 0.4) is 0 Å². The molecule has 1 fully saturated rings. The summed E-state index contributed by atoms with van der Waals surface area (Å²) in [5.41, 5.74) is 4.73. The average molecular weight is 280 g/mol. The molecule has 1 heterocycles. The van der Waals surface area contributed by atoms with Crippen LogP contribution in [0.2, 0.25) is 0 Å². The number of carbonyl (C=O) groups is 1. The van der Waals surface area contributed by atoms with Gasteiger partial charge in [-0.05, 0) is 27.2 Å². The van der Waals surface area contributed by atoms with Gasteiger partial charge in [-0.1, -0.05) is 0 Å². The van der Waals surface area contributed by atoms with Crippen molar-refractivity contribution in [3.05, 3.63) is 0 Å². The van der Waals surface area contributed by atoms with Crippen molar-refractivity contribution >= 4 is 6.09 Å². The van der Waals surface area contributed by atoms with Gasteiger partial charge in [0, 0.05) is 6.54 Å². The Balaban J connectivity index is 2.48. The fourth-order valence-electron chi connectivity index (χ4n) is 1.76. The topological polar surface area (TPSA) is 64.8 Å². The van der Waals surface area contributed by atoms with Crippen molar-refractivity contribution in [1.82, 2.24) is 4.90 Å². The Morgan fingerprint density at radius 2 is 2.16 bits per heavy atom. The molecule has 1 aliphatic heterocycles. The quantitative estimate of drug-likeness (QED) is 0.853. The minimum absolute atomic E-state index is 0.0248. The second-order valence-corrected chi connectivity index (χ2v) is 5.65. The molecule has 1 aliphatic rings. The summed E-state index contributed by atoms with van der Waals surface area (Å²) in [5.74, 6) is 0. The van der Waals surface area contributed by atoms with Crippen LogP contribution < -0.4 is 5.73 Å². The third-order valence-corrected chi connectivity index (χ3v) is 2.65. The largest absolute Gasteiger partial charge is 0.444 e.